The molecule has 74 valence electrons. The number of benzene rings is 1. The first-order valence-electron chi connectivity index (χ1n) is 4.21. The lowest BCUT2D eigenvalue weighted by atomic mass is 10.3. The first-order valence-corrected chi connectivity index (χ1v) is 5.01. The molecule has 0 amide bonds. The zero-order valence-electron chi connectivity index (χ0n) is 7.81. The monoisotopic (exact) mass is 256 g/mol. The molecule has 14 heavy (non-hydrogen) atoms. The summed E-state index contributed by atoms with van der Waals surface area (Å²) in [5.74, 6) is 5.84. The molecule has 0 heterocycles. The van der Waals surface area contributed by atoms with Gasteiger partial charge in [0.2, 0.25) is 0 Å². The van der Waals surface area contributed by atoms with Gasteiger partial charge in [-0.05, 0) is 35.0 Å². The molecule has 0 saturated carbocycles. The van der Waals surface area contributed by atoms with Gasteiger partial charge in [0.05, 0.1) is 11.1 Å². The Morgan fingerprint density at radius 3 is 2.93 bits per heavy atom. The summed E-state index contributed by atoms with van der Waals surface area (Å²) in [4.78, 5) is 0. The highest BCUT2D eigenvalue weighted by Crippen LogP contribution is 2.20. The van der Waals surface area contributed by atoms with Crippen molar-refractivity contribution in [3.05, 3.63) is 28.5 Å². The lowest BCUT2D eigenvalue weighted by Gasteiger charge is -2.04. The Bertz CT molecular complexity index is 365. The van der Waals surface area contributed by atoms with Crippen molar-refractivity contribution in [2.24, 2.45) is 0 Å². The zero-order chi connectivity index (χ0) is 10.4. The van der Waals surface area contributed by atoms with Crippen molar-refractivity contribution in [1.82, 2.24) is 0 Å². The van der Waals surface area contributed by atoms with Gasteiger partial charge < -0.3 is 4.74 Å². The van der Waals surface area contributed by atoms with Gasteiger partial charge in [-0.2, -0.15) is 0 Å². The molecule has 0 saturated heterocycles. The molecule has 0 N–H and O–H groups in total. The SMILES string of the molecule is CC#CCCOc1ccc(Br)c(F)c1. The van der Waals surface area contributed by atoms with Gasteiger partial charge in [0.15, 0.2) is 0 Å². The van der Waals surface area contributed by atoms with Gasteiger partial charge >= 0.3 is 0 Å². The van der Waals surface area contributed by atoms with Crippen molar-refractivity contribution in [3.63, 3.8) is 0 Å². The number of rotatable bonds is 3. The Kier molecular flexibility index (Phi) is 4.48. The van der Waals surface area contributed by atoms with Crippen molar-refractivity contribution in [2.45, 2.75) is 13.3 Å². The fraction of sp³-hybridized carbons (Fsp3) is 0.273. The van der Waals surface area contributed by atoms with Gasteiger partial charge in [-0.1, -0.05) is 0 Å². The van der Waals surface area contributed by atoms with Crippen LogP contribution in [0.5, 0.6) is 5.75 Å². The van der Waals surface area contributed by atoms with E-state index in [1.54, 1.807) is 19.1 Å². The van der Waals surface area contributed by atoms with Crippen LogP contribution in [0, 0.1) is 17.7 Å². The summed E-state index contributed by atoms with van der Waals surface area (Å²) in [5.41, 5.74) is 0. The maximum Gasteiger partial charge on any atom is 0.141 e. The van der Waals surface area contributed by atoms with Gasteiger partial charge in [-0.3, -0.25) is 0 Å². The second-order valence-corrected chi connectivity index (χ2v) is 3.46. The van der Waals surface area contributed by atoms with Crippen molar-refractivity contribution >= 4 is 15.9 Å². The minimum Gasteiger partial charge on any atom is -0.492 e. The summed E-state index contributed by atoms with van der Waals surface area (Å²) < 4.78 is 18.7. The Morgan fingerprint density at radius 1 is 1.50 bits per heavy atom. The molecule has 0 atom stereocenters. The van der Waals surface area contributed by atoms with Crippen molar-refractivity contribution < 1.29 is 9.13 Å². The van der Waals surface area contributed by atoms with Gasteiger partial charge in [0.1, 0.15) is 11.6 Å². The first kappa shape index (κ1) is 11.1. The average molecular weight is 257 g/mol. The Hall–Kier alpha value is -1.01. The molecule has 3 heteroatoms. The van der Waals surface area contributed by atoms with E-state index in [9.17, 15) is 4.39 Å². The third kappa shape index (κ3) is 3.39. The molecule has 0 aliphatic carbocycles. The van der Waals surface area contributed by atoms with Crippen LogP contribution in [0.2, 0.25) is 0 Å². The van der Waals surface area contributed by atoms with E-state index in [1.165, 1.54) is 6.07 Å². The summed E-state index contributed by atoms with van der Waals surface area (Å²) in [5, 5.41) is 0. The molecule has 0 unspecified atom stereocenters. The highest BCUT2D eigenvalue weighted by Gasteiger charge is 2.00. The number of ether oxygens (including phenoxy) is 1. The zero-order valence-corrected chi connectivity index (χ0v) is 9.40. The third-order valence-electron chi connectivity index (χ3n) is 1.56. The van der Waals surface area contributed by atoms with Crippen LogP contribution < -0.4 is 4.74 Å². The molecular formula is C11H10BrFO. The van der Waals surface area contributed by atoms with Crippen LogP contribution in [-0.2, 0) is 0 Å². The quantitative estimate of drug-likeness (QED) is 0.595. The summed E-state index contributed by atoms with van der Waals surface area (Å²) in [7, 11) is 0. The largest absolute Gasteiger partial charge is 0.492 e. The Morgan fingerprint density at radius 2 is 2.29 bits per heavy atom. The van der Waals surface area contributed by atoms with Crippen LogP contribution in [0.4, 0.5) is 4.39 Å². The van der Waals surface area contributed by atoms with Gasteiger partial charge in [-0.25, -0.2) is 4.39 Å². The van der Waals surface area contributed by atoms with Crippen LogP contribution in [0.1, 0.15) is 13.3 Å². The number of halogens is 2. The molecule has 0 fully saturated rings. The molecule has 0 bridgehead atoms. The van der Waals surface area contributed by atoms with Crippen LogP contribution in [0.25, 0.3) is 0 Å². The lowest BCUT2D eigenvalue weighted by molar-refractivity contribution is 0.325. The summed E-state index contributed by atoms with van der Waals surface area (Å²) in [6.45, 7) is 2.27. The van der Waals surface area contributed by atoms with Gasteiger partial charge in [-0.15, -0.1) is 11.8 Å². The topological polar surface area (TPSA) is 9.23 Å². The molecule has 1 rings (SSSR count). The lowest BCUT2D eigenvalue weighted by Crippen LogP contribution is -1.96. The maximum atomic E-state index is 13.0. The highest BCUT2D eigenvalue weighted by atomic mass is 79.9. The number of hydrogen-bond acceptors (Lipinski definition) is 1. The average Bonchev–Trinajstić information content (AvgIpc) is 2.18. The molecule has 0 aromatic heterocycles. The van der Waals surface area contributed by atoms with E-state index in [0.717, 1.165) is 0 Å². The van der Waals surface area contributed by atoms with Crippen molar-refractivity contribution in [1.29, 1.82) is 0 Å². The van der Waals surface area contributed by atoms with Crippen LogP contribution in [0.15, 0.2) is 22.7 Å². The van der Waals surface area contributed by atoms with Crippen molar-refractivity contribution in [3.8, 4) is 17.6 Å². The predicted molar refractivity (Wildman–Crippen MR) is 57.7 cm³/mol. The smallest absolute Gasteiger partial charge is 0.141 e. The summed E-state index contributed by atoms with van der Waals surface area (Å²) in [6, 6.07) is 4.69. The molecular weight excluding hydrogens is 247 g/mol. The van der Waals surface area contributed by atoms with Crippen molar-refractivity contribution in [2.75, 3.05) is 6.61 Å². The highest BCUT2D eigenvalue weighted by molar-refractivity contribution is 9.10. The summed E-state index contributed by atoms with van der Waals surface area (Å²) in [6.07, 6.45) is 0.661. The molecule has 0 radical (unpaired) electrons. The first-order chi connectivity index (χ1) is 6.74. The molecule has 0 aliphatic rings. The van der Waals surface area contributed by atoms with E-state index in [4.69, 9.17) is 4.74 Å². The fourth-order valence-corrected chi connectivity index (χ4v) is 1.16. The number of hydrogen-bond donors (Lipinski definition) is 0. The molecule has 0 aliphatic heterocycles. The van der Waals surface area contributed by atoms with Gasteiger partial charge in [0, 0.05) is 12.5 Å². The van der Waals surface area contributed by atoms with Crippen LogP contribution in [-0.4, -0.2) is 6.61 Å². The maximum absolute atomic E-state index is 13.0. The second-order valence-electron chi connectivity index (χ2n) is 2.60. The Balaban J connectivity index is 2.50. The van der Waals surface area contributed by atoms with E-state index in [1.807, 2.05) is 0 Å². The minimum absolute atomic E-state index is 0.316. The predicted octanol–water partition coefficient (Wildman–Crippen LogP) is 3.38. The van der Waals surface area contributed by atoms with E-state index >= 15 is 0 Å². The van der Waals surface area contributed by atoms with Gasteiger partial charge in [0.25, 0.3) is 0 Å². The van der Waals surface area contributed by atoms with E-state index in [0.29, 0.717) is 23.2 Å². The standard InChI is InChI=1S/C11H10BrFO/c1-2-3-4-7-14-9-5-6-10(12)11(13)8-9/h5-6,8H,4,7H2,1H3. The van der Waals surface area contributed by atoms with E-state index in [2.05, 4.69) is 27.8 Å². The normalized spacial score (nSPS) is 9.07. The van der Waals surface area contributed by atoms with Crippen LogP contribution >= 0.6 is 15.9 Å². The molecule has 1 aromatic carbocycles. The Labute approximate surface area is 91.4 Å². The summed E-state index contributed by atoms with van der Waals surface area (Å²) >= 11 is 3.07. The van der Waals surface area contributed by atoms with Crippen LogP contribution in [0.3, 0.4) is 0 Å². The second kappa shape index (κ2) is 5.66. The molecule has 1 aromatic rings. The molecule has 0 spiro atoms. The van der Waals surface area contributed by atoms with E-state index in [-0.39, 0.29) is 5.82 Å². The third-order valence-corrected chi connectivity index (χ3v) is 2.21. The minimum atomic E-state index is -0.316. The van der Waals surface area contributed by atoms with E-state index < -0.39 is 0 Å². The fourth-order valence-electron chi connectivity index (χ4n) is 0.912. The molecule has 1 nitrogen and oxygen atoms in total.